The number of nitrogens with one attached hydrogen (secondary N) is 1. The summed E-state index contributed by atoms with van der Waals surface area (Å²) in [6.45, 7) is 3.34. The zero-order valence-corrected chi connectivity index (χ0v) is 11.5. The van der Waals surface area contributed by atoms with Gasteiger partial charge in [-0.3, -0.25) is 4.68 Å². The summed E-state index contributed by atoms with van der Waals surface area (Å²) in [5.41, 5.74) is 1.53. The van der Waals surface area contributed by atoms with Crippen LogP contribution in [0.1, 0.15) is 19.0 Å². The summed E-state index contributed by atoms with van der Waals surface area (Å²) in [4.78, 5) is 0. The molecule has 0 saturated heterocycles. The van der Waals surface area contributed by atoms with Gasteiger partial charge in [0.15, 0.2) is 0 Å². The van der Waals surface area contributed by atoms with Crippen LogP contribution in [0.4, 0.5) is 18.9 Å². The number of hydrogen-bond acceptors (Lipinski definition) is 3. The van der Waals surface area contributed by atoms with Crippen molar-refractivity contribution in [1.82, 2.24) is 9.78 Å². The van der Waals surface area contributed by atoms with E-state index in [0.717, 1.165) is 18.7 Å². The highest BCUT2D eigenvalue weighted by atomic mass is 19.4. The number of nitrogens with zero attached hydrogens (tertiary/aromatic N) is 2. The number of halogens is 3. The fourth-order valence-corrected chi connectivity index (χ4v) is 1.92. The molecule has 0 bridgehead atoms. The maximum atomic E-state index is 12.2. The molecule has 4 nitrogen and oxygen atoms in total. The highest BCUT2D eigenvalue weighted by Gasteiger charge is 2.31. The molecule has 1 heterocycles. The van der Waals surface area contributed by atoms with Crippen molar-refractivity contribution in [2.75, 3.05) is 5.32 Å². The van der Waals surface area contributed by atoms with Crippen LogP contribution in [0, 0.1) is 0 Å². The van der Waals surface area contributed by atoms with E-state index in [1.54, 1.807) is 12.3 Å². The van der Waals surface area contributed by atoms with Crippen LogP contribution in [0.2, 0.25) is 0 Å². The third-order valence-electron chi connectivity index (χ3n) is 2.78. The highest BCUT2D eigenvalue weighted by molar-refractivity contribution is 5.48. The van der Waals surface area contributed by atoms with Crippen LogP contribution in [0.15, 0.2) is 36.5 Å². The highest BCUT2D eigenvalue weighted by Crippen LogP contribution is 2.25. The Morgan fingerprint density at radius 3 is 2.81 bits per heavy atom. The Morgan fingerprint density at radius 1 is 1.29 bits per heavy atom. The van der Waals surface area contributed by atoms with Gasteiger partial charge in [0.25, 0.3) is 0 Å². The topological polar surface area (TPSA) is 39.1 Å². The Balaban J connectivity index is 2.00. The molecule has 0 fully saturated rings. The standard InChI is InChI=1S/C14H16F3N3O/c1-2-8-20-12(6-7-19-20)10-18-11-4-3-5-13(9-11)21-14(15,16)17/h3-7,9,18H,2,8,10H2,1H3. The molecular weight excluding hydrogens is 283 g/mol. The second kappa shape index (κ2) is 6.51. The molecule has 0 amide bonds. The minimum atomic E-state index is -4.68. The van der Waals surface area contributed by atoms with Crippen molar-refractivity contribution < 1.29 is 17.9 Å². The molecule has 0 saturated carbocycles. The molecule has 0 aliphatic heterocycles. The van der Waals surface area contributed by atoms with E-state index in [-0.39, 0.29) is 5.75 Å². The fourth-order valence-electron chi connectivity index (χ4n) is 1.92. The number of hydrogen-bond donors (Lipinski definition) is 1. The van der Waals surface area contributed by atoms with Gasteiger partial charge in [-0.2, -0.15) is 5.10 Å². The van der Waals surface area contributed by atoms with Crippen molar-refractivity contribution in [2.24, 2.45) is 0 Å². The smallest absolute Gasteiger partial charge is 0.406 e. The number of anilines is 1. The number of alkyl halides is 3. The number of benzene rings is 1. The molecule has 0 atom stereocenters. The van der Waals surface area contributed by atoms with Gasteiger partial charge in [-0.15, -0.1) is 13.2 Å². The van der Waals surface area contributed by atoms with Crippen LogP contribution in [0.25, 0.3) is 0 Å². The summed E-state index contributed by atoms with van der Waals surface area (Å²) < 4.78 is 42.2. The molecule has 1 aromatic heterocycles. The van der Waals surface area contributed by atoms with E-state index >= 15 is 0 Å². The van der Waals surface area contributed by atoms with Crippen LogP contribution >= 0.6 is 0 Å². The Labute approximate surface area is 120 Å². The van der Waals surface area contributed by atoms with Gasteiger partial charge in [-0.25, -0.2) is 0 Å². The van der Waals surface area contributed by atoms with Crippen molar-refractivity contribution in [3.8, 4) is 5.75 Å². The lowest BCUT2D eigenvalue weighted by molar-refractivity contribution is -0.274. The van der Waals surface area contributed by atoms with Gasteiger partial charge in [-0.1, -0.05) is 13.0 Å². The van der Waals surface area contributed by atoms with Gasteiger partial charge in [-0.05, 0) is 24.6 Å². The SMILES string of the molecule is CCCn1nccc1CNc1cccc(OC(F)(F)F)c1. The molecule has 2 aromatic rings. The third-order valence-corrected chi connectivity index (χ3v) is 2.78. The lowest BCUT2D eigenvalue weighted by Gasteiger charge is -2.12. The van der Waals surface area contributed by atoms with Crippen LogP contribution in [-0.4, -0.2) is 16.1 Å². The van der Waals surface area contributed by atoms with Crippen molar-refractivity contribution in [3.05, 3.63) is 42.2 Å². The number of aryl methyl sites for hydroxylation is 1. The number of rotatable bonds is 6. The Bertz CT molecular complexity index is 581. The summed E-state index contributed by atoms with van der Waals surface area (Å²) in [6.07, 6.45) is -2.02. The molecule has 2 rings (SSSR count). The molecule has 21 heavy (non-hydrogen) atoms. The van der Waals surface area contributed by atoms with Crippen LogP contribution in [0.5, 0.6) is 5.75 Å². The third kappa shape index (κ3) is 4.70. The largest absolute Gasteiger partial charge is 0.573 e. The lowest BCUT2D eigenvalue weighted by atomic mass is 10.3. The molecule has 0 radical (unpaired) electrons. The molecule has 1 N–H and O–H groups in total. The molecule has 0 aliphatic carbocycles. The van der Waals surface area contributed by atoms with Gasteiger partial charge in [0, 0.05) is 24.5 Å². The molecular formula is C14H16F3N3O. The summed E-state index contributed by atoms with van der Waals surface area (Å²) in [6, 6.07) is 7.64. The van der Waals surface area contributed by atoms with E-state index in [1.165, 1.54) is 18.2 Å². The lowest BCUT2D eigenvalue weighted by Crippen LogP contribution is -2.17. The van der Waals surface area contributed by atoms with Gasteiger partial charge >= 0.3 is 6.36 Å². The zero-order valence-electron chi connectivity index (χ0n) is 11.5. The summed E-state index contributed by atoms with van der Waals surface area (Å²) >= 11 is 0. The van der Waals surface area contributed by atoms with E-state index in [0.29, 0.717) is 12.2 Å². The fraction of sp³-hybridized carbons (Fsp3) is 0.357. The zero-order chi connectivity index (χ0) is 15.3. The van der Waals surface area contributed by atoms with Crippen molar-refractivity contribution in [1.29, 1.82) is 0 Å². The molecule has 7 heteroatoms. The van der Waals surface area contributed by atoms with E-state index in [2.05, 4.69) is 22.1 Å². The average Bonchev–Trinajstić information content (AvgIpc) is 2.83. The van der Waals surface area contributed by atoms with E-state index in [4.69, 9.17) is 0 Å². The predicted octanol–water partition coefficient (Wildman–Crippen LogP) is 3.80. The van der Waals surface area contributed by atoms with Crippen LogP contribution in [0.3, 0.4) is 0 Å². The first-order chi connectivity index (χ1) is 9.98. The normalized spacial score (nSPS) is 11.4. The van der Waals surface area contributed by atoms with E-state index < -0.39 is 6.36 Å². The summed E-state index contributed by atoms with van der Waals surface area (Å²) in [7, 11) is 0. The van der Waals surface area contributed by atoms with Gasteiger partial charge in [0.1, 0.15) is 5.75 Å². The minimum absolute atomic E-state index is 0.241. The van der Waals surface area contributed by atoms with Gasteiger partial charge in [0.05, 0.1) is 12.2 Å². The number of ether oxygens (including phenoxy) is 1. The van der Waals surface area contributed by atoms with Crippen molar-refractivity contribution >= 4 is 5.69 Å². The van der Waals surface area contributed by atoms with Crippen molar-refractivity contribution in [2.45, 2.75) is 32.8 Å². The number of aromatic nitrogens is 2. The molecule has 0 aliphatic rings. The Morgan fingerprint density at radius 2 is 2.10 bits per heavy atom. The first kappa shape index (κ1) is 15.2. The Kier molecular flexibility index (Phi) is 4.72. The summed E-state index contributed by atoms with van der Waals surface area (Å²) in [5.74, 6) is -0.241. The van der Waals surface area contributed by atoms with Crippen LogP contribution in [-0.2, 0) is 13.1 Å². The first-order valence-electron chi connectivity index (χ1n) is 6.58. The molecule has 114 valence electrons. The summed E-state index contributed by atoms with van der Waals surface area (Å²) in [5, 5.41) is 7.25. The monoisotopic (exact) mass is 299 g/mol. The average molecular weight is 299 g/mol. The molecule has 0 spiro atoms. The Hall–Kier alpha value is -2.18. The minimum Gasteiger partial charge on any atom is -0.406 e. The van der Waals surface area contributed by atoms with Crippen molar-refractivity contribution in [3.63, 3.8) is 0 Å². The van der Waals surface area contributed by atoms with Crippen LogP contribution < -0.4 is 10.1 Å². The maximum Gasteiger partial charge on any atom is 0.573 e. The quantitative estimate of drug-likeness (QED) is 0.881. The van der Waals surface area contributed by atoms with Gasteiger partial charge in [0.2, 0.25) is 0 Å². The second-order valence-corrected chi connectivity index (χ2v) is 4.47. The maximum absolute atomic E-state index is 12.2. The first-order valence-corrected chi connectivity index (χ1v) is 6.58. The van der Waals surface area contributed by atoms with E-state index in [1.807, 2.05) is 10.7 Å². The molecule has 0 unspecified atom stereocenters. The van der Waals surface area contributed by atoms with E-state index in [9.17, 15) is 13.2 Å². The molecule has 1 aromatic carbocycles. The van der Waals surface area contributed by atoms with Gasteiger partial charge < -0.3 is 10.1 Å². The second-order valence-electron chi connectivity index (χ2n) is 4.47. The predicted molar refractivity (Wildman–Crippen MR) is 73.0 cm³/mol.